The minimum absolute atomic E-state index is 0.0925. The predicted octanol–water partition coefficient (Wildman–Crippen LogP) is 2.50. The van der Waals surface area contributed by atoms with E-state index in [1.54, 1.807) is 18.0 Å². The summed E-state index contributed by atoms with van der Waals surface area (Å²) in [4.78, 5) is 30.1. The highest BCUT2D eigenvalue weighted by molar-refractivity contribution is 6.07. The molecule has 0 saturated carbocycles. The molecule has 3 heterocycles. The van der Waals surface area contributed by atoms with Crippen LogP contribution in [0.3, 0.4) is 0 Å². The highest BCUT2D eigenvalue weighted by Gasteiger charge is 2.24. The zero-order chi connectivity index (χ0) is 18.3. The number of rotatable bonds is 2. The molecule has 0 unspecified atom stereocenters. The Balaban J connectivity index is 1.69. The predicted molar refractivity (Wildman–Crippen MR) is 101 cm³/mol. The molecule has 6 heteroatoms. The molecule has 3 aromatic rings. The molecule has 1 amide bonds. The van der Waals surface area contributed by atoms with E-state index in [0.717, 1.165) is 17.5 Å². The van der Waals surface area contributed by atoms with Crippen LogP contribution in [0, 0.1) is 6.92 Å². The number of pyridine rings is 1. The van der Waals surface area contributed by atoms with E-state index in [2.05, 4.69) is 16.2 Å². The number of aromatic amines is 1. The van der Waals surface area contributed by atoms with E-state index >= 15 is 0 Å². The first-order valence-corrected chi connectivity index (χ1v) is 8.64. The number of hydrogen-bond donors (Lipinski definition) is 1. The lowest BCUT2D eigenvalue weighted by atomic mass is 10.0. The number of aromatic nitrogens is 3. The number of benzene rings is 1. The van der Waals surface area contributed by atoms with Crippen LogP contribution in [0.25, 0.3) is 16.5 Å². The highest BCUT2D eigenvalue weighted by Crippen LogP contribution is 2.25. The third-order valence-corrected chi connectivity index (χ3v) is 5.02. The van der Waals surface area contributed by atoms with E-state index in [9.17, 15) is 9.59 Å². The Morgan fingerprint density at radius 3 is 2.73 bits per heavy atom. The average molecular weight is 348 g/mol. The number of nitrogens with one attached hydrogen (secondary N) is 1. The van der Waals surface area contributed by atoms with Gasteiger partial charge in [0.05, 0.1) is 11.3 Å². The van der Waals surface area contributed by atoms with Gasteiger partial charge in [0.15, 0.2) is 0 Å². The SMILES string of the molecule is Cc1c(C(=O)N2CC=C(c3ccnn3C)CC2)c2ccccc2[nH]c1=O. The number of aryl methyl sites for hydroxylation is 1. The molecule has 4 rings (SSSR count). The van der Waals surface area contributed by atoms with E-state index in [0.29, 0.717) is 29.7 Å². The van der Waals surface area contributed by atoms with Crippen molar-refractivity contribution in [1.82, 2.24) is 19.7 Å². The molecule has 1 aliphatic rings. The van der Waals surface area contributed by atoms with Crippen LogP contribution < -0.4 is 5.56 Å². The lowest BCUT2D eigenvalue weighted by Gasteiger charge is -2.27. The fraction of sp³-hybridized carbons (Fsp3) is 0.250. The lowest BCUT2D eigenvalue weighted by molar-refractivity contribution is 0.0774. The van der Waals surface area contributed by atoms with E-state index in [-0.39, 0.29) is 11.5 Å². The molecular formula is C20H20N4O2. The van der Waals surface area contributed by atoms with Crippen molar-refractivity contribution in [2.75, 3.05) is 13.1 Å². The maximum Gasteiger partial charge on any atom is 0.255 e. The van der Waals surface area contributed by atoms with Crippen molar-refractivity contribution in [2.24, 2.45) is 7.05 Å². The Kier molecular flexibility index (Phi) is 3.95. The van der Waals surface area contributed by atoms with E-state index in [1.165, 1.54) is 5.57 Å². The molecule has 2 aromatic heterocycles. The number of amides is 1. The zero-order valence-corrected chi connectivity index (χ0v) is 14.8. The fourth-order valence-corrected chi connectivity index (χ4v) is 3.55. The third-order valence-electron chi connectivity index (χ3n) is 5.02. The molecule has 0 bridgehead atoms. The van der Waals surface area contributed by atoms with Gasteiger partial charge in [-0.1, -0.05) is 24.3 Å². The van der Waals surface area contributed by atoms with Crippen molar-refractivity contribution in [3.05, 3.63) is 69.8 Å². The molecule has 0 aliphatic carbocycles. The molecule has 0 radical (unpaired) electrons. The molecule has 0 spiro atoms. The summed E-state index contributed by atoms with van der Waals surface area (Å²) in [6.45, 7) is 2.86. The quantitative estimate of drug-likeness (QED) is 0.773. The molecule has 1 aliphatic heterocycles. The molecule has 0 atom stereocenters. The van der Waals surface area contributed by atoms with Gasteiger partial charge in [0.25, 0.3) is 11.5 Å². The van der Waals surface area contributed by atoms with Gasteiger partial charge in [-0.05, 0) is 31.1 Å². The summed E-state index contributed by atoms with van der Waals surface area (Å²) >= 11 is 0. The summed E-state index contributed by atoms with van der Waals surface area (Å²) in [5.41, 5.74) is 3.72. The van der Waals surface area contributed by atoms with Crippen molar-refractivity contribution in [3.63, 3.8) is 0 Å². The first kappa shape index (κ1) is 16.3. The van der Waals surface area contributed by atoms with E-state index in [4.69, 9.17) is 0 Å². The van der Waals surface area contributed by atoms with Gasteiger partial charge in [0, 0.05) is 42.8 Å². The van der Waals surface area contributed by atoms with Crippen LogP contribution in [0.5, 0.6) is 0 Å². The second-order valence-corrected chi connectivity index (χ2v) is 6.57. The zero-order valence-electron chi connectivity index (χ0n) is 14.8. The smallest absolute Gasteiger partial charge is 0.255 e. The monoisotopic (exact) mass is 348 g/mol. The van der Waals surface area contributed by atoms with Crippen LogP contribution in [0.1, 0.15) is 28.0 Å². The van der Waals surface area contributed by atoms with Crippen LogP contribution in [-0.2, 0) is 7.05 Å². The molecular weight excluding hydrogens is 328 g/mol. The topological polar surface area (TPSA) is 71.0 Å². The van der Waals surface area contributed by atoms with Crippen molar-refractivity contribution in [3.8, 4) is 0 Å². The first-order valence-electron chi connectivity index (χ1n) is 8.64. The summed E-state index contributed by atoms with van der Waals surface area (Å²) in [5.74, 6) is -0.0925. The van der Waals surface area contributed by atoms with Gasteiger partial charge in [0.2, 0.25) is 0 Å². The highest BCUT2D eigenvalue weighted by atomic mass is 16.2. The fourth-order valence-electron chi connectivity index (χ4n) is 3.55. The van der Waals surface area contributed by atoms with Gasteiger partial charge in [-0.15, -0.1) is 0 Å². The largest absolute Gasteiger partial charge is 0.335 e. The van der Waals surface area contributed by atoms with Gasteiger partial charge in [-0.25, -0.2) is 0 Å². The summed E-state index contributed by atoms with van der Waals surface area (Å²) < 4.78 is 1.84. The standard InChI is InChI=1S/C20H20N4O2/c1-13-18(15-5-3-4-6-16(15)22-19(13)25)20(26)24-11-8-14(9-12-24)17-7-10-21-23(17)2/h3-8,10H,9,11-12H2,1-2H3,(H,22,25). The van der Waals surface area contributed by atoms with Gasteiger partial charge in [-0.2, -0.15) is 5.10 Å². The van der Waals surface area contributed by atoms with Gasteiger partial charge < -0.3 is 9.88 Å². The second kappa shape index (κ2) is 6.29. The summed E-state index contributed by atoms with van der Waals surface area (Å²) in [6, 6.07) is 9.42. The number of carbonyl (C=O) groups excluding carboxylic acids is 1. The molecule has 132 valence electrons. The summed E-state index contributed by atoms with van der Waals surface area (Å²) in [6.07, 6.45) is 4.62. The Hall–Kier alpha value is -3.15. The molecule has 6 nitrogen and oxygen atoms in total. The first-order chi connectivity index (χ1) is 12.6. The number of H-pyrrole nitrogens is 1. The number of nitrogens with zero attached hydrogens (tertiary/aromatic N) is 3. The maximum absolute atomic E-state index is 13.2. The summed E-state index contributed by atoms with van der Waals surface area (Å²) in [7, 11) is 1.92. The van der Waals surface area contributed by atoms with Crippen molar-refractivity contribution < 1.29 is 4.79 Å². The van der Waals surface area contributed by atoms with E-state index in [1.807, 2.05) is 42.1 Å². The Bertz CT molecular complexity index is 1090. The van der Waals surface area contributed by atoms with Gasteiger partial charge in [-0.3, -0.25) is 14.3 Å². The number of para-hydroxylation sites is 1. The Morgan fingerprint density at radius 2 is 2.04 bits per heavy atom. The van der Waals surface area contributed by atoms with Crippen LogP contribution in [0.2, 0.25) is 0 Å². The minimum atomic E-state index is -0.213. The average Bonchev–Trinajstić information content (AvgIpc) is 3.08. The number of carbonyl (C=O) groups is 1. The molecule has 0 fully saturated rings. The Labute approximate surface area is 150 Å². The van der Waals surface area contributed by atoms with Crippen molar-refractivity contribution in [1.29, 1.82) is 0 Å². The normalized spacial score (nSPS) is 14.5. The Morgan fingerprint density at radius 1 is 1.23 bits per heavy atom. The minimum Gasteiger partial charge on any atom is -0.335 e. The van der Waals surface area contributed by atoms with Crippen LogP contribution in [0.4, 0.5) is 0 Å². The number of fused-ring (bicyclic) bond motifs is 1. The van der Waals surface area contributed by atoms with Gasteiger partial charge in [0.1, 0.15) is 0 Å². The maximum atomic E-state index is 13.2. The van der Waals surface area contributed by atoms with Crippen molar-refractivity contribution >= 4 is 22.4 Å². The van der Waals surface area contributed by atoms with Crippen molar-refractivity contribution in [2.45, 2.75) is 13.3 Å². The van der Waals surface area contributed by atoms with Crippen LogP contribution in [0.15, 0.2) is 47.4 Å². The number of hydrogen-bond acceptors (Lipinski definition) is 3. The molecule has 26 heavy (non-hydrogen) atoms. The second-order valence-electron chi connectivity index (χ2n) is 6.57. The van der Waals surface area contributed by atoms with Crippen LogP contribution >= 0.6 is 0 Å². The molecule has 0 saturated heterocycles. The van der Waals surface area contributed by atoms with Gasteiger partial charge >= 0.3 is 0 Å². The van der Waals surface area contributed by atoms with E-state index < -0.39 is 0 Å². The van der Waals surface area contributed by atoms with Crippen LogP contribution in [-0.4, -0.2) is 38.7 Å². The molecule has 1 aromatic carbocycles. The lowest BCUT2D eigenvalue weighted by Crippen LogP contribution is -2.36. The third kappa shape index (κ3) is 2.63. The molecule has 1 N–H and O–H groups in total. The summed E-state index contributed by atoms with van der Waals surface area (Å²) in [5, 5.41) is 4.99.